The number of ether oxygens (including phenoxy) is 1. The van der Waals surface area contributed by atoms with Gasteiger partial charge in [-0.25, -0.2) is 4.79 Å². The second-order valence-corrected chi connectivity index (χ2v) is 11.8. The van der Waals surface area contributed by atoms with Gasteiger partial charge in [0, 0.05) is 49.2 Å². The Kier molecular flexibility index (Phi) is 7.43. The number of rotatable bonds is 5. The Balaban J connectivity index is 1.15. The third kappa shape index (κ3) is 6.16. The fourth-order valence-electron chi connectivity index (χ4n) is 5.33. The zero-order valence-electron chi connectivity index (χ0n) is 24.2. The lowest BCUT2D eigenvalue weighted by Gasteiger charge is -2.35. The van der Waals surface area contributed by atoms with Crippen LogP contribution in [-0.4, -0.2) is 53.6 Å². The van der Waals surface area contributed by atoms with E-state index < -0.39 is 5.60 Å². The van der Waals surface area contributed by atoms with Crippen molar-refractivity contribution in [2.75, 3.05) is 31.5 Å². The number of carbonyl (C=O) groups is 2. The van der Waals surface area contributed by atoms with E-state index in [1.54, 1.807) is 4.90 Å². The first-order valence-corrected chi connectivity index (χ1v) is 14.3. The van der Waals surface area contributed by atoms with Gasteiger partial charge in [-0.1, -0.05) is 48.5 Å². The minimum absolute atomic E-state index is 0.168. The Morgan fingerprint density at radius 3 is 2.33 bits per heavy atom. The smallest absolute Gasteiger partial charge is 0.410 e. The second-order valence-electron chi connectivity index (χ2n) is 11.8. The molecule has 1 aliphatic rings. The fourth-order valence-corrected chi connectivity index (χ4v) is 5.33. The van der Waals surface area contributed by atoms with Crippen LogP contribution in [0.25, 0.3) is 33.1 Å². The molecular formula is C35H35N3O4. The standard InChI is InChI=1S/C35H35N3O4/c1-35(2,3)42-34(40)38-18-16-37(17-19-38)23-24-12-15-31-28(20-24)22-32(41-31)29-10-6-7-11-30(29)36-33(39)27-14-13-25-8-4-5-9-26(25)21-27/h4-15,20-22H,16-19,23H2,1-3H3,(H,36,39). The Morgan fingerprint density at radius 1 is 0.810 bits per heavy atom. The van der Waals surface area contributed by atoms with Crippen molar-refractivity contribution in [1.82, 2.24) is 9.80 Å². The average Bonchev–Trinajstić information content (AvgIpc) is 3.40. The molecule has 0 spiro atoms. The number of fused-ring (bicyclic) bond motifs is 2. The third-order valence-corrected chi connectivity index (χ3v) is 7.46. The van der Waals surface area contributed by atoms with Crippen LogP contribution >= 0.6 is 0 Å². The van der Waals surface area contributed by atoms with Crippen LogP contribution in [-0.2, 0) is 11.3 Å². The number of piperazine rings is 1. The number of hydrogen-bond acceptors (Lipinski definition) is 5. The maximum Gasteiger partial charge on any atom is 0.410 e. The van der Waals surface area contributed by atoms with Crippen molar-refractivity contribution in [2.45, 2.75) is 32.9 Å². The summed E-state index contributed by atoms with van der Waals surface area (Å²) in [6.07, 6.45) is -0.247. The number of hydrogen-bond donors (Lipinski definition) is 1. The molecule has 2 amide bonds. The summed E-state index contributed by atoms with van der Waals surface area (Å²) in [7, 11) is 0. The summed E-state index contributed by atoms with van der Waals surface area (Å²) < 4.78 is 11.8. The maximum atomic E-state index is 13.2. The molecule has 1 N–H and O–H groups in total. The Morgan fingerprint density at radius 2 is 1.55 bits per heavy atom. The molecule has 0 aliphatic carbocycles. The van der Waals surface area contributed by atoms with E-state index in [9.17, 15) is 9.59 Å². The molecule has 7 heteroatoms. The highest BCUT2D eigenvalue weighted by molar-refractivity contribution is 6.08. The van der Waals surface area contributed by atoms with Crippen molar-refractivity contribution >= 4 is 39.4 Å². The number of para-hydroxylation sites is 1. The summed E-state index contributed by atoms with van der Waals surface area (Å²) in [6, 6.07) is 29.7. The molecule has 7 nitrogen and oxygen atoms in total. The van der Waals surface area contributed by atoms with Crippen LogP contribution in [0.3, 0.4) is 0 Å². The van der Waals surface area contributed by atoms with Gasteiger partial charge in [-0.15, -0.1) is 0 Å². The lowest BCUT2D eigenvalue weighted by molar-refractivity contribution is 0.0139. The van der Waals surface area contributed by atoms with Gasteiger partial charge in [0.05, 0.1) is 5.69 Å². The SMILES string of the molecule is CC(C)(C)OC(=O)N1CCN(Cc2ccc3oc(-c4ccccc4NC(=O)c4ccc5ccccc5c4)cc3c2)CC1. The second kappa shape index (κ2) is 11.3. The molecule has 4 aromatic carbocycles. The molecule has 1 aromatic heterocycles. The minimum Gasteiger partial charge on any atom is -0.456 e. The van der Waals surface area contributed by atoms with Gasteiger partial charge in [-0.2, -0.15) is 0 Å². The molecule has 5 aromatic rings. The number of nitrogens with zero attached hydrogens (tertiary/aromatic N) is 2. The van der Waals surface area contributed by atoms with E-state index in [2.05, 4.69) is 22.3 Å². The average molecular weight is 562 g/mol. The number of carbonyl (C=O) groups excluding carboxylic acids is 2. The highest BCUT2D eigenvalue weighted by Gasteiger charge is 2.26. The number of amides is 2. The van der Waals surface area contributed by atoms with E-state index in [0.717, 1.165) is 46.9 Å². The first kappa shape index (κ1) is 27.5. The molecule has 0 radical (unpaired) electrons. The molecule has 0 saturated carbocycles. The van der Waals surface area contributed by atoms with E-state index in [4.69, 9.17) is 9.15 Å². The summed E-state index contributed by atoms with van der Waals surface area (Å²) in [5.74, 6) is 0.529. The van der Waals surface area contributed by atoms with Crippen LogP contribution in [0.2, 0.25) is 0 Å². The summed E-state index contributed by atoms with van der Waals surface area (Å²) >= 11 is 0. The van der Waals surface area contributed by atoms with Gasteiger partial charge in [0.15, 0.2) is 0 Å². The Hall–Kier alpha value is -4.62. The van der Waals surface area contributed by atoms with Gasteiger partial charge in [-0.3, -0.25) is 9.69 Å². The zero-order chi connectivity index (χ0) is 29.3. The monoisotopic (exact) mass is 561 g/mol. The lowest BCUT2D eigenvalue weighted by Crippen LogP contribution is -2.49. The van der Waals surface area contributed by atoms with Gasteiger partial charge >= 0.3 is 6.09 Å². The largest absolute Gasteiger partial charge is 0.456 e. The minimum atomic E-state index is -0.490. The molecule has 0 bridgehead atoms. The quantitative estimate of drug-likeness (QED) is 0.240. The van der Waals surface area contributed by atoms with E-state index in [0.29, 0.717) is 30.1 Å². The van der Waals surface area contributed by atoms with E-state index in [-0.39, 0.29) is 12.0 Å². The van der Waals surface area contributed by atoms with Crippen molar-refractivity contribution < 1.29 is 18.7 Å². The highest BCUT2D eigenvalue weighted by Crippen LogP contribution is 2.34. The Labute approximate surface area is 245 Å². The van der Waals surface area contributed by atoms with Crippen LogP contribution in [0.15, 0.2) is 95.4 Å². The normalized spacial score (nSPS) is 14.3. The summed E-state index contributed by atoms with van der Waals surface area (Å²) in [4.78, 5) is 29.7. The van der Waals surface area contributed by atoms with Crippen molar-refractivity contribution in [2.24, 2.45) is 0 Å². The first-order chi connectivity index (χ1) is 20.2. The summed E-state index contributed by atoms with van der Waals surface area (Å²) in [6.45, 7) is 9.33. The highest BCUT2D eigenvalue weighted by atomic mass is 16.6. The van der Waals surface area contributed by atoms with E-state index >= 15 is 0 Å². The van der Waals surface area contributed by atoms with Crippen LogP contribution in [0.5, 0.6) is 0 Å². The van der Waals surface area contributed by atoms with Crippen LogP contribution in [0.4, 0.5) is 10.5 Å². The van der Waals surface area contributed by atoms with E-state index in [1.807, 2.05) is 99.6 Å². The van der Waals surface area contributed by atoms with Crippen LogP contribution in [0.1, 0.15) is 36.7 Å². The van der Waals surface area contributed by atoms with Crippen molar-refractivity contribution in [3.63, 3.8) is 0 Å². The van der Waals surface area contributed by atoms with Crippen molar-refractivity contribution in [1.29, 1.82) is 0 Å². The zero-order valence-corrected chi connectivity index (χ0v) is 24.2. The molecule has 2 heterocycles. The summed E-state index contributed by atoms with van der Waals surface area (Å²) in [5.41, 5.74) is 3.60. The van der Waals surface area contributed by atoms with Gasteiger partial charge in [0.2, 0.25) is 0 Å². The van der Waals surface area contributed by atoms with Gasteiger partial charge < -0.3 is 19.4 Å². The maximum absolute atomic E-state index is 13.2. The fraction of sp³-hybridized carbons (Fsp3) is 0.257. The third-order valence-electron chi connectivity index (χ3n) is 7.46. The number of furan rings is 1. The topological polar surface area (TPSA) is 75.0 Å². The molecule has 1 aliphatic heterocycles. The molecule has 6 rings (SSSR count). The van der Waals surface area contributed by atoms with E-state index in [1.165, 1.54) is 5.56 Å². The van der Waals surface area contributed by atoms with Crippen LogP contribution < -0.4 is 5.32 Å². The Bertz CT molecular complexity index is 1760. The summed E-state index contributed by atoms with van der Waals surface area (Å²) in [5, 5.41) is 6.21. The van der Waals surface area contributed by atoms with Gasteiger partial charge in [-0.05, 0) is 79.6 Å². The predicted molar refractivity (Wildman–Crippen MR) is 167 cm³/mol. The molecule has 42 heavy (non-hydrogen) atoms. The van der Waals surface area contributed by atoms with Gasteiger partial charge in [0.1, 0.15) is 16.9 Å². The number of nitrogens with one attached hydrogen (secondary N) is 1. The molecule has 214 valence electrons. The number of anilines is 1. The van der Waals surface area contributed by atoms with Crippen molar-refractivity contribution in [3.05, 3.63) is 102 Å². The molecule has 0 unspecified atom stereocenters. The molecule has 0 atom stereocenters. The molecule has 1 saturated heterocycles. The molecule has 1 fully saturated rings. The first-order valence-electron chi connectivity index (χ1n) is 14.3. The van der Waals surface area contributed by atoms with Crippen LogP contribution in [0, 0.1) is 0 Å². The molecular weight excluding hydrogens is 526 g/mol. The number of benzene rings is 4. The van der Waals surface area contributed by atoms with Crippen molar-refractivity contribution in [3.8, 4) is 11.3 Å². The predicted octanol–water partition coefficient (Wildman–Crippen LogP) is 7.56. The lowest BCUT2D eigenvalue weighted by atomic mass is 10.1. The van der Waals surface area contributed by atoms with Gasteiger partial charge in [0.25, 0.3) is 5.91 Å².